The Balaban J connectivity index is 1.87. The molecule has 150 valence electrons. The monoisotopic (exact) mass is 405 g/mol. The summed E-state index contributed by atoms with van der Waals surface area (Å²) in [6.07, 6.45) is 1.39. The van der Waals surface area contributed by atoms with Gasteiger partial charge in [-0.1, -0.05) is 32.1 Å². The number of nitrogens with one attached hydrogen (secondary N) is 2. The lowest BCUT2D eigenvalue weighted by atomic mass is 9.96. The first-order chi connectivity index (χ1) is 13.2. The normalized spacial score (nSPS) is 11.4. The quantitative estimate of drug-likeness (QED) is 0.479. The number of aromatic nitrogens is 2. The molecule has 1 aromatic carbocycles. The molecule has 0 aliphatic rings. The van der Waals surface area contributed by atoms with Gasteiger partial charge in [0, 0.05) is 5.41 Å². The van der Waals surface area contributed by atoms with Gasteiger partial charge in [0.05, 0.1) is 19.2 Å². The number of hydrogen-bond donors (Lipinski definition) is 3. The van der Waals surface area contributed by atoms with Gasteiger partial charge < -0.3 is 15.2 Å². The van der Waals surface area contributed by atoms with E-state index in [4.69, 9.17) is 4.74 Å². The Morgan fingerprint density at radius 1 is 1.32 bits per heavy atom. The van der Waals surface area contributed by atoms with E-state index in [1.54, 1.807) is 32.9 Å². The summed E-state index contributed by atoms with van der Waals surface area (Å²) in [5.41, 5.74) is 2.44. The number of carbonyl (C=O) groups excluding carboxylic acids is 2. The number of benzene rings is 1. The van der Waals surface area contributed by atoms with Crippen LogP contribution >= 0.6 is 11.3 Å². The van der Waals surface area contributed by atoms with Crippen LogP contribution < -0.4 is 15.5 Å². The van der Waals surface area contributed by atoms with E-state index in [9.17, 15) is 14.7 Å². The molecule has 0 saturated heterocycles. The fourth-order valence-corrected chi connectivity index (χ4v) is 2.64. The summed E-state index contributed by atoms with van der Waals surface area (Å²) >= 11 is 1.13. The van der Waals surface area contributed by atoms with Gasteiger partial charge in [-0.3, -0.25) is 9.59 Å². The van der Waals surface area contributed by atoms with Gasteiger partial charge in [0.15, 0.2) is 11.5 Å². The fourth-order valence-electron chi connectivity index (χ4n) is 1.91. The second kappa shape index (κ2) is 9.27. The Morgan fingerprint density at radius 2 is 2.07 bits per heavy atom. The van der Waals surface area contributed by atoms with Crippen molar-refractivity contribution in [1.29, 1.82) is 0 Å². The molecule has 0 spiro atoms. The van der Waals surface area contributed by atoms with Crippen molar-refractivity contribution in [2.24, 2.45) is 10.5 Å². The van der Waals surface area contributed by atoms with E-state index in [2.05, 4.69) is 26.0 Å². The maximum atomic E-state index is 12.0. The lowest BCUT2D eigenvalue weighted by Crippen LogP contribution is -2.27. The van der Waals surface area contributed by atoms with Gasteiger partial charge in [-0.2, -0.15) is 5.10 Å². The third-order valence-electron chi connectivity index (χ3n) is 3.37. The standard InChI is InChI=1S/C18H23N5O4S/c1-5-27-13-7-6-11(8-12(13)24)10-19-21-14(25)9-15-22-23-17(28-15)20-16(26)18(2,3)4/h6-8,10,24H,5,9H2,1-4H3,(H,21,25)(H,20,23,26)/b19-10-. The van der Waals surface area contributed by atoms with Crippen molar-refractivity contribution in [3.63, 3.8) is 0 Å². The van der Waals surface area contributed by atoms with Crippen molar-refractivity contribution in [3.05, 3.63) is 28.8 Å². The molecule has 1 heterocycles. The lowest BCUT2D eigenvalue weighted by Gasteiger charge is -2.15. The van der Waals surface area contributed by atoms with Gasteiger partial charge in [-0.25, -0.2) is 5.43 Å². The van der Waals surface area contributed by atoms with Crippen LogP contribution in [0.25, 0.3) is 0 Å². The first kappa shape index (κ1) is 21.3. The number of ether oxygens (including phenoxy) is 1. The zero-order chi connectivity index (χ0) is 20.7. The minimum absolute atomic E-state index is 0.00387. The molecule has 3 N–H and O–H groups in total. The second-order valence-corrected chi connectivity index (χ2v) is 7.90. The van der Waals surface area contributed by atoms with E-state index in [1.807, 2.05) is 6.92 Å². The molecule has 28 heavy (non-hydrogen) atoms. The Morgan fingerprint density at radius 3 is 2.71 bits per heavy atom. The summed E-state index contributed by atoms with van der Waals surface area (Å²) in [5, 5.41) is 24.9. The van der Waals surface area contributed by atoms with E-state index in [0.717, 1.165) is 11.3 Å². The highest BCUT2D eigenvalue weighted by molar-refractivity contribution is 7.15. The van der Waals surface area contributed by atoms with Gasteiger partial charge in [-0.15, -0.1) is 10.2 Å². The van der Waals surface area contributed by atoms with Crippen LogP contribution in [-0.2, 0) is 16.0 Å². The van der Waals surface area contributed by atoms with Gasteiger partial charge in [0.2, 0.25) is 16.9 Å². The van der Waals surface area contributed by atoms with Crippen LogP contribution in [0.2, 0.25) is 0 Å². The maximum absolute atomic E-state index is 12.0. The minimum atomic E-state index is -0.548. The topological polar surface area (TPSA) is 126 Å². The van der Waals surface area contributed by atoms with Crippen LogP contribution in [0, 0.1) is 5.41 Å². The fraction of sp³-hybridized carbons (Fsp3) is 0.389. The minimum Gasteiger partial charge on any atom is -0.504 e. The highest BCUT2D eigenvalue weighted by Crippen LogP contribution is 2.26. The highest BCUT2D eigenvalue weighted by Gasteiger charge is 2.22. The molecule has 0 aliphatic carbocycles. The van der Waals surface area contributed by atoms with Crippen molar-refractivity contribution < 1.29 is 19.4 Å². The third-order valence-corrected chi connectivity index (χ3v) is 4.20. The van der Waals surface area contributed by atoms with Gasteiger partial charge in [0.1, 0.15) is 5.01 Å². The van der Waals surface area contributed by atoms with Crippen LogP contribution in [0.1, 0.15) is 38.3 Å². The average Bonchev–Trinajstić information content (AvgIpc) is 3.03. The summed E-state index contributed by atoms with van der Waals surface area (Å²) in [5.74, 6) is -0.177. The molecule has 2 aromatic rings. The molecule has 1 aromatic heterocycles. The zero-order valence-corrected chi connectivity index (χ0v) is 17.0. The van der Waals surface area contributed by atoms with Crippen molar-refractivity contribution in [3.8, 4) is 11.5 Å². The average molecular weight is 405 g/mol. The lowest BCUT2D eigenvalue weighted by molar-refractivity contribution is -0.123. The number of carbonyl (C=O) groups is 2. The van der Waals surface area contributed by atoms with E-state index in [1.165, 1.54) is 12.3 Å². The Labute approximate surface area is 166 Å². The number of phenolic OH excluding ortho intramolecular Hbond substituents is 1. The number of anilines is 1. The molecule has 9 nitrogen and oxygen atoms in total. The van der Waals surface area contributed by atoms with E-state index < -0.39 is 5.41 Å². The molecular weight excluding hydrogens is 382 g/mol. The van der Waals surface area contributed by atoms with E-state index in [0.29, 0.717) is 28.1 Å². The molecule has 0 atom stereocenters. The molecule has 2 rings (SSSR count). The molecular formula is C18H23N5O4S. The number of hydrazone groups is 1. The third kappa shape index (κ3) is 6.31. The Kier molecular flexibility index (Phi) is 7.05. The van der Waals surface area contributed by atoms with Gasteiger partial charge in [0.25, 0.3) is 0 Å². The number of amides is 2. The summed E-state index contributed by atoms with van der Waals surface area (Å²) < 4.78 is 5.24. The SMILES string of the molecule is CCOc1ccc(/C=N\NC(=O)Cc2nnc(NC(=O)C(C)(C)C)s2)cc1O. The van der Waals surface area contributed by atoms with Crippen molar-refractivity contribution in [2.75, 3.05) is 11.9 Å². The number of hydrogen-bond acceptors (Lipinski definition) is 8. The van der Waals surface area contributed by atoms with E-state index >= 15 is 0 Å². The number of phenols is 1. The molecule has 0 saturated carbocycles. The predicted molar refractivity (Wildman–Crippen MR) is 107 cm³/mol. The molecule has 0 fully saturated rings. The van der Waals surface area contributed by atoms with Crippen molar-refractivity contribution in [2.45, 2.75) is 34.1 Å². The summed E-state index contributed by atoms with van der Waals surface area (Å²) in [4.78, 5) is 23.9. The first-order valence-electron chi connectivity index (χ1n) is 8.60. The van der Waals surface area contributed by atoms with Crippen molar-refractivity contribution in [1.82, 2.24) is 15.6 Å². The zero-order valence-electron chi connectivity index (χ0n) is 16.1. The smallest absolute Gasteiger partial charge is 0.247 e. The van der Waals surface area contributed by atoms with Crippen LogP contribution in [-0.4, -0.2) is 39.9 Å². The summed E-state index contributed by atoms with van der Waals surface area (Å²) in [6, 6.07) is 4.81. The van der Waals surface area contributed by atoms with Gasteiger partial charge >= 0.3 is 0 Å². The Bertz CT molecular complexity index is 873. The second-order valence-electron chi connectivity index (χ2n) is 6.84. The summed E-state index contributed by atoms with van der Waals surface area (Å²) in [7, 11) is 0. The molecule has 0 bridgehead atoms. The number of rotatable bonds is 7. The van der Waals surface area contributed by atoms with Crippen LogP contribution in [0.15, 0.2) is 23.3 Å². The van der Waals surface area contributed by atoms with Gasteiger partial charge in [-0.05, 0) is 30.7 Å². The molecule has 0 radical (unpaired) electrons. The molecule has 10 heteroatoms. The maximum Gasteiger partial charge on any atom is 0.247 e. The first-order valence-corrected chi connectivity index (χ1v) is 9.42. The van der Waals surface area contributed by atoms with Crippen LogP contribution in [0.4, 0.5) is 5.13 Å². The molecule has 0 unspecified atom stereocenters. The van der Waals surface area contributed by atoms with Crippen LogP contribution in [0.3, 0.4) is 0 Å². The highest BCUT2D eigenvalue weighted by atomic mass is 32.1. The number of aromatic hydroxyl groups is 1. The Hall–Kier alpha value is -3.01. The van der Waals surface area contributed by atoms with Crippen LogP contribution in [0.5, 0.6) is 11.5 Å². The predicted octanol–water partition coefficient (Wildman–Crippen LogP) is 2.32. The number of nitrogens with zero attached hydrogens (tertiary/aromatic N) is 3. The largest absolute Gasteiger partial charge is 0.504 e. The molecule has 0 aliphatic heterocycles. The summed E-state index contributed by atoms with van der Waals surface area (Å²) in [6.45, 7) is 7.65. The van der Waals surface area contributed by atoms with Crippen molar-refractivity contribution >= 4 is 34.5 Å². The van der Waals surface area contributed by atoms with E-state index in [-0.39, 0.29) is 24.0 Å². The molecule has 2 amide bonds.